The number of hydrogen-bond acceptors (Lipinski definition) is 5. The van der Waals surface area contributed by atoms with Gasteiger partial charge in [-0.05, 0) is 25.1 Å². The van der Waals surface area contributed by atoms with E-state index in [0.717, 1.165) is 5.01 Å². The number of amides is 1. The van der Waals surface area contributed by atoms with Gasteiger partial charge in [-0.15, -0.1) is 11.3 Å². The molecule has 3 rings (SSSR count). The molecule has 1 amide bonds. The first-order valence-electron chi connectivity index (χ1n) is 8.34. The lowest BCUT2D eigenvalue weighted by atomic mass is 9.98. The number of nitrogens with one attached hydrogen (secondary N) is 1. The van der Waals surface area contributed by atoms with E-state index in [0.29, 0.717) is 21.9 Å². The van der Waals surface area contributed by atoms with Crippen LogP contribution in [0.5, 0.6) is 0 Å². The van der Waals surface area contributed by atoms with E-state index in [1.807, 2.05) is 6.92 Å². The van der Waals surface area contributed by atoms with E-state index in [1.165, 1.54) is 22.1 Å². The van der Waals surface area contributed by atoms with Crippen molar-refractivity contribution in [3.05, 3.63) is 57.8 Å². The highest BCUT2D eigenvalue weighted by molar-refractivity contribution is 7.14. The summed E-state index contributed by atoms with van der Waals surface area (Å²) in [6.45, 7) is 7.99. The highest BCUT2D eigenvalue weighted by atomic mass is 32.1. The number of carbonyl (C=O) groups is 2. The molecule has 140 valence electrons. The first-order valence-corrected chi connectivity index (χ1v) is 9.16. The summed E-state index contributed by atoms with van der Waals surface area (Å²) in [4.78, 5) is 29.0. The maximum Gasteiger partial charge on any atom is 0.356 e. The van der Waals surface area contributed by atoms with Crippen molar-refractivity contribution in [3.63, 3.8) is 0 Å². The second-order valence-electron chi connectivity index (χ2n) is 7.11. The van der Waals surface area contributed by atoms with E-state index < -0.39 is 5.97 Å². The maximum absolute atomic E-state index is 12.8. The van der Waals surface area contributed by atoms with Gasteiger partial charge in [0, 0.05) is 11.6 Å². The van der Waals surface area contributed by atoms with Gasteiger partial charge >= 0.3 is 5.97 Å². The van der Waals surface area contributed by atoms with Gasteiger partial charge < -0.3 is 10.4 Å². The first-order chi connectivity index (χ1) is 12.7. The van der Waals surface area contributed by atoms with Crippen LogP contribution in [0.25, 0.3) is 5.69 Å². The normalized spacial score (nSPS) is 11.4. The third kappa shape index (κ3) is 3.90. The molecule has 0 bridgehead atoms. The molecule has 0 aliphatic carbocycles. The van der Waals surface area contributed by atoms with Gasteiger partial charge in [0.15, 0.2) is 5.69 Å². The Morgan fingerprint density at radius 1 is 1.19 bits per heavy atom. The van der Waals surface area contributed by atoms with Gasteiger partial charge in [-0.3, -0.25) is 4.79 Å². The number of aryl methyl sites for hydroxylation is 1. The largest absolute Gasteiger partial charge is 0.476 e. The second-order valence-corrected chi connectivity index (χ2v) is 8.10. The summed E-state index contributed by atoms with van der Waals surface area (Å²) in [7, 11) is 0. The van der Waals surface area contributed by atoms with Crippen LogP contribution in [0.15, 0.2) is 36.5 Å². The minimum absolute atomic E-state index is 0.0655. The number of hydrogen-bond donors (Lipinski definition) is 2. The van der Waals surface area contributed by atoms with Crippen LogP contribution in [0.4, 0.5) is 5.69 Å². The average molecular weight is 384 g/mol. The summed E-state index contributed by atoms with van der Waals surface area (Å²) in [5, 5.41) is 16.9. The smallest absolute Gasteiger partial charge is 0.356 e. The molecular weight excluding hydrogens is 364 g/mol. The molecule has 0 aliphatic rings. The minimum Gasteiger partial charge on any atom is -0.476 e. The van der Waals surface area contributed by atoms with Crippen LogP contribution in [0.1, 0.15) is 51.6 Å². The monoisotopic (exact) mass is 384 g/mol. The van der Waals surface area contributed by atoms with E-state index in [1.54, 1.807) is 30.5 Å². The molecule has 0 aliphatic heterocycles. The zero-order valence-corrected chi connectivity index (χ0v) is 16.3. The molecule has 0 radical (unpaired) electrons. The molecule has 2 heterocycles. The van der Waals surface area contributed by atoms with E-state index in [9.17, 15) is 9.59 Å². The summed E-state index contributed by atoms with van der Waals surface area (Å²) in [5.41, 5.74) is 1.61. The zero-order chi connectivity index (χ0) is 19.8. The van der Waals surface area contributed by atoms with Gasteiger partial charge in [0.25, 0.3) is 5.91 Å². The van der Waals surface area contributed by atoms with E-state index in [4.69, 9.17) is 5.11 Å². The first kappa shape index (κ1) is 18.8. The summed E-state index contributed by atoms with van der Waals surface area (Å²) in [5.74, 6) is -1.36. The van der Waals surface area contributed by atoms with Crippen LogP contribution < -0.4 is 5.32 Å². The molecular formula is C19H20N4O3S. The van der Waals surface area contributed by atoms with Crippen molar-refractivity contribution in [2.45, 2.75) is 33.1 Å². The highest BCUT2D eigenvalue weighted by Crippen LogP contribution is 2.30. The Hall–Kier alpha value is -3.00. The van der Waals surface area contributed by atoms with Gasteiger partial charge in [-0.25, -0.2) is 14.5 Å². The molecule has 1 aromatic carbocycles. The van der Waals surface area contributed by atoms with Crippen LogP contribution in [0, 0.1) is 6.92 Å². The van der Waals surface area contributed by atoms with E-state index in [-0.39, 0.29) is 17.0 Å². The van der Waals surface area contributed by atoms with Crippen molar-refractivity contribution < 1.29 is 14.7 Å². The highest BCUT2D eigenvalue weighted by Gasteiger charge is 2.23. The molecule has 2 aromatic heterocycles. The topological polar surface area (TPSA) is 97.1 Å². The van der Waals surface area contributed by atoms with Gasteiger partial charge in [0.2, 0.25) is 0 Å². The Morgan fingerprint density at radius 2 is 1.89 bits per heavy atom. The number of anilines is 1. The van der Waals surface area contributed by atoms with Gasteiger partial charge in [0.05, 0.1) is 22.1 Å². The predicted molar refractivity (Wildman–Crippen MR) is 104 cm³/mol. The Balaban J connectivity index is 1.91. The van der Waals surface area contributed by atoms with Gasteiger partial charge in [-0.1, -0.05) is 32.9 Å². The minimum atomic E-state index is -1.11. The van der Waals surface area contributed by atoms with Crippen molar-refractivity contribution in [2.24, 2.45) is 0 Å². The number of aromatic nitrogens is 3. The lowest BCUT2D eigenvalue weighted by Gasteiger charge is -2.13. The quantitative estimate of drug-likeness (QED) is 0.711. The molecule has 0 spiro atoms. The lowest BCUT2D eigenvalue weighted by Crippen LogP contribution is -2.14. The number of nitrogens with zero attached hydrogens (tertiary/aromatic N) is 3. The molecule has 8 heteroatoms. The summed E-state index contributed by atoms with van der Waals surface area (Å²) >= 11 is 1.38. The number of carboxylic acids is 1. The lowest BCUT2D eigenvalue weighted by molar-refractivity contribution is 0.0689. The molecule has 2 N–H and O–H groups in total. The molecule has 7 nitrogen and oxygen atoms in total. The number of aromatic carboxylic acids is 1. The summed E-state index contributed by atoms with van der Waals surface area (Å²) in [6, 6.07) is 8.50. The fraction of sp³-hybridized carbons (Fsp3) is 0.263. The van der Waals surface area contributed by atoms with E-state index >= 15 is 0 Å². The van der Waals surface area contributed by atoms with E-state index in [2.05, 4.69) is 36.2 Å². The number of para-hydroxylation sites is 2. The van der Waals surface area contributed by atoms with Crippen molar-refractivity contribution >= 4 is 28.9 Å². The molecule has 3 aromatic rings. The molecule has 0 unspecified atom stereocenters. The van der Waals surface area contributed by atoms with Crippen LogP contribution in [-0.4, -0.2) is 31.7 Å². The number of carboxylic acid groups (broad SMARTS) is 1. The van der Waals surface area contributed by atoms with Gasteiger partial charge in [0.1, 0.15) is 4.88 Å². The number of benzene rings is 1. The van der Waals surface area contributed by atoms with Crippen LogP contribution >= 0.6 is 11.3 Å². The molecule has 0 saturated heterocycles. The Labute approximate surface area is 160 Å². The van der Waals surface area contributed by atoms with Crippen LogP contribution in [0.2, 0.25) is 0 Å². The van der Waals surface area contributed by atoms with Crippen LogP contribution in [-0.2, 0) is 5.41 Å². The number of thiazole rings is 1. The third-order valence-corrected chi connectivity index (χ3v) is 5.43. The Bertz CT molecular complexity index is 1010. The third-order valence-electron chi connectivity index (χ3n) is 3.85. The number of carbonyl (C=O) groups excluding carboxylic acids is 1. The fourth-order valence-electron chi connectivity index (χ4n) is 2.46. The number of rotatable bonds is 4. The summed E-state index contributed by atoms with van der Waals surface area (Å²) in [6.07, 6.45) is 1.55. The Kier molecular flexibility index (Phi) is 4.84. The van der Waals surface area contributed by atoms with Crippen LogP contribution in [0.3, 0.4) is 0 Å². The Morgan fingerprint density at radius 3 is 2.48 bits per heavy atom. The SMILES string of the molecule is Cc1nc(C(C)(C)C)sc1C(=O)Nc1ccccc1-n1ccc(C(=O)O)n1. The standard InChI is InChI=1S/C19H20N4O3S/c1-11-15(27-18(20-11)19(2,3)4)16(24)21-12-7-5-6-8-14(12)23-10-9-13(22-23)17(25)26/h5-10H,1-4H3,(H,21,24)(H,25,26). The van der Waals surface area contributed by atoms with Crippen molar-refractivity contribution in [1.29, 1.82) is 0 Å². The fourth-order valence-corrected chi connectivity index (χ4v) is 3.48. The molecule has 0 fully saturated rings. The molecule has 27 heavy (non-hydrogen) atoms. The molecule has 0 saturated carbocycles. The van der Waals surface area contributed by atoms with Crippen molar-refractivity contribution in [3.8, 4) is 5.69 Å². The van der Waals surface area contributed by atoms with Crippen molar-refractivity contribution in [2.75, 3.05) is 5.32 Å². The predicted octanol–water partition coefficient (Wildman–Crippen LogP) is 3.89. The molecule has 0 atom stereocenters. The average Bonchev–Trinajstić information content (AvgIpc) is 3.22. The zero-order valence-electron chi connectivity index (χ0n) is 15.5. The summed E-state index contributed by atoms with van der Waals surface area (Å²) < 4.78 is 1.43. The maximum atomic E-state index is 12.8. The second kappa shape index (κ2) is 6.96. The van der Waals surface area contributed by atoms with Crippen molar-refractivity contribution in [1.82, 2.24) is 14.8 Å². The van der Waals surface area contributed by atoms with Gasteiger partial charge in [-0.2, -0.15) is 5.10 Å².